The fraction of sp³-hybridized carbons (Fsp3) is 0.269. The van der Waals surface area contributed by atoms with Crippen LogP contribution in [0, 0.1) is 18.6 Å². The average molecular weight is 493 g/mol. The quantitative estimate of drug-likeness (QED) is 0.373. The summed E-state index contributed by atoms with van der Waals surface area (Å²) in [5.41, 5.74) is 3.00. The van der Waals surface area contributed by atoms with Gasteiger partial charge in [-0.25, -0.2) is 14.4 Å². The molecule has 1 unspecified atom stereocenters. The Morgan fingerprint density at radius 2 is 2.06 bits per heavy atom. The van der Waals surface area contributed by atoms with E-state index in [1.807, 2.05) is 13.0 Å². The van der Waals surface area contributed by atoms with Gasteiger partial charge in [-0.05, 0) is 62.2 Å². The summed E-state index contributed by atoms with van der Waals surface area (Å²) < 4.78 is 35.5. The number of rotatable bonds is 6. The lowest BCUT2D eigenvalue weighted by Crippen LogP contribution is -2.45. The minimum absolute atomic E-state index is 0.0531. The van der Waals surface area contributed by atoms with Gasteiger partial charge in [0.05, 0.1) is 19.0 Å². The summed E-state index contributed by atoms with van der Waals surface area (Å²) in [6, 6.07) is 8.39. The zero-order valence-electron chi connectivity index (χ0n) is 19.9. The first-order valence-electron chi connectivity index (χ1n) is 11.7. The maximum atomic E-state index is 14.7. The van der Waals surface area contributed by atoms with E-state index < -0.39 is 11.6 Å². The fourth-order valence-electron chi connectivity index (χ4n) is 4.46. The molecule has 10 heteroatoms. The predicted molar refractivity (Wildman–Crippen MR) is 133 cm³/mol. The number of hydrogen-bond acceptors (Lipinski definition) is 6. The number of nitrogens with one attached hydrogen (secondary N) is 3. The van der Waals surface area contributed by atoms with E-state index in [9.17, 15) is 13.6 Å². The van der Waals surface area contributed by atoms with Crippen molar-refractivity contribution in [3.63, 3.8) is 0 Å². The summed E-state index contributed by atoms with van der Waals surface area (Å²) in [6.45, 7) is 3.64. The van der Waals surface area contributed by atoms with Gasteiger partial charge in [0.1, 0.15) is 0 Å². The van der Waals surface area contributed by atoms with Gasteiger partial charge < -0.3 is 20.7 Å². The zero-order chi connectivity index (χ0) is 25.2. The Balaban J connectivity index is 1.40. The minimum Gasteiger partial charge on any atom is -0.494 e. The summed E-state index contributed by atoms with van der Waals surface area (Å²) in [5, 5.41) is 9.61. The van der Waals surface area contributed by atoms with Crippen molar-refractivity contribution in [2.45, 2.75) is 25.8 Å². The van der Waals surface area contributed by atoms with Crippen LogP contribution < -0.4 is 20.7 Å². The lowest BCUT2D eigenvalue weighted by molar-refractivity contribution is 0.0930. The number of halogens is 2. The van der Waals surface area contributed by atoms with E-state index >= 15 is 0 Å². The van der Waals surface area contributed by atoms with Crippen LogP contribution in [0.5, 0.6) is 5.75 Å². The van der Waals surface area contributed by atoms with Crippen molar-refractivity contribution < 1.29 is 18.3 Å². The standard InChI is InChI=1S/C26H26F2N6O2/c1-15-12-16(5-6-18(15)26(35)33-17-4-3-9-29-13-17)32-24-25-31-14-20(34(25)11-10-30-24)19-7-8-21(36-2)23(28)22(19)27/h5-8,10-12,14,17,29H,3-4,9,13H2,1-2H3,(H,30,32)(H,33,35). The van der Waals surface area contributed by atoms with Gasteiger partial charge in [-0.2, -0.15) is 4.39 Å². The molecule has 0 aliphatic carbocycles. The van der Waals surface area contributed by atoms with E-state index in [2.05, 4.69) is 25.9 Å². The van der Waals surface area contributed by atoms with Gasteiger partial charge in [-0.3, -0.25) is 9.20 Å². The number of methoxy groups -OCH3 is 1. The highest BCUT2D eigenvalue weighted by Crippen LogP contribution is 2.31. The molecule has 36 heavy (non-hydrogen) atoms. The topological polar surface area (TPSA) is 92.6 Å². The molecule has 1 fully saturated rings. The first-order chi connectivity index (χ1) is 17.5. The molecule has 3 heterocycles. The first-order valence-corrected chi connectivity index (χ1v) is 11.7. The van der Waals surface area contributed by atoms with Crippen LogP contribution in [-0.2, 0) is 0 Å². The molecule has 0 spiro atoms. The summed E-state index contributed by atoms with van der Waals surface area (Å²) in [6.07, 6.45) is 6.65. The number of benzene rings is 2. The van der Waals surface area contributed by atoms with Crippen molar-refractivity contribution >= 4 is 23.1 Å². The van der Waals surface area contributed by atoms with Crippen molar-refractivity contribution in [1.82, 2.24) is 25.0 Å². The molecule has 1 aliphatic rings. The largest absolute Gasteiger partial charge is 0.494 e. The van der Waals surface area contributed by atoms with Gasteiger partial charge in [-0.15, -0.1) is 0 Å². The lowest BCUT2D eigenvalue weighted by atomic mass is 10.0. The average Bonchev–Trinajstić information content (AvgIpc) is 3.31. The summed E-state index contributed by atoms with van der Waals surface area (Å²) in [4.78, 5) is 21.5. The second kappa shape index (κ2) is 9.90. The van der Waals surface area contributed by atoms with Crippen molar-refractivity contribution in [3.05, 3.63) is 71.7 Å². The van der Waals surface area contributed by atoms with Gasteiger partial charge >= 0.3 is 0 Å². The first kappa shape index (κ1) is 23.7. The monoisotopic (exact) mass is 492 g/mol. The van der Waals surface area contributed by atoms with E-state index in [0.717, 1.165) is 37.2 Å². The number of ether oxygens (including phenoxy) is 1. The van der Waals surface area contributed by atoms with Gasteiger partial charge in [0, 0.05) is 41.8 Å². The molecular formula is C26H26F2N6O2. The fourth-order valence-corrected chi connectivity index (χ4v) is 4.46. The number of carbonyl (C=O) groups is 1. The number of aryl methyl sites for hydroxylation is 1. The molecule has 3 N–H and O–H groups in total. The van der Waals surface area contributed by atoms with Crippen LogP contribution >= 0.6 is 0 Å². The third-order valence-corrected chi connectivity index (χ3v) is 6.34. The molecule has 5 rings (SSSR count). The molecule has 0 bridgehead atoms. The van der Waals surface area contributed by atoms with Crippen LogP contribution in [0.3, 0.4) is 0 Å². The molecule has 1 saturated heterocycles. The Bertz CT molecular complexity index is 1430. The van der Waals surface area contributed by atoms with Crippen LogP contribution in [-0.4, -0.2) is 46.5 Å². The number of hydrogen-bond donors (Lipinski definition) is 3. The van der Waals surface area contributed by atoms with Gasteiger partial charge in [0.25, 0.3) is 5.91 Å². The molecule has 2 aromatic carbocycles. The molecule has 0 radical (unpaired) electrons. The van der Waals surface area contributed by atoms with Crippen molar-refractivity contribution in [2.24, 2.45) is 0 Å². The van der Waals surface area contributed by atoms with E-state index in [1.54, 1.807) is 28.9 Å². The summed E-state index contributed by atoms with van der Waals surface area (Å²) >= 11 is 0. The second-order valence-corrected chi connectivity index (χ2v) is 8.73. The normalized spacial score (nSPS) is 15.6. The van der Waals surface area contributed by atoms with Crippen LogP contribution in [0.15, 0.2) is 48.9 Å². The molecule has 1 aliphatic heterocycles. The highest BCUT2D eigenvalue weighted by molar-refractivity contribution is 5.96. The minimum atomic E-state index is -1.06. The smallest absolute Gasteiger partial charge is 0.251 e. The van der Waals surface area contributed by atoms with Crippen molar-refractivity contribution in [3.8, 4) is 17.0 Å². The third kappa shape index (κ3) is 4.47. The second-order valence-electron chi connectivity index (χ2n) is 8.73. The zero-order valence-corrected chi connectivity index (χ0v) is 19.9. The SMILES string of the molecule is COc1ccc(-c2cnc3c(Nc4ccc(C(=O)NC5CCCNC5)c(C)c4)nccn23)c(F)c1F. The van der Waals surface area contributed by atoms with Gasteiger partial charge in [0.2, 0.25) is 5.82 Å². The number of piperidine rings is 1. The number of amides is 1. The third-order valence-electron chi connectivity index (χ3n) is 6.34. The van der Waals surface area contributed by atoms with Crippen LogP contribution in [0.1, 0.15) is 28.8 Å². The number of carbonyl (C=O) groups excluding carboxylic acids is 1. The number of imidazole rings is 1. The molecular weight excluding hydrogens is 466 g/mol. The van der Waals surface area contributed by atoms with E-state index in [4.69, 9.17) is 4.74 Å². The number of anilines is 2. The Morgan fingerprint density at radius 1 is 1.19 bits per heavy atom. The van der Waals surface area contributed by atoms with E-state index in [1.165, 1.54) is 25.4 Å². The summed E-state index contributed by atoms with van der Waals surface area (Å²) in [7, 11) is 1.28. The maximum Gasteiger partial charge on any atom is 0.251 e. The Kier molecular flexibility index (Phi) is 6.51. The predicted octanol–water partition coefficient (Wildman–Crippen LogP) is 4.22. The number of aromatic nitrogens is 3. The number of nitrogens with zero attached hydrogens (tertiary/aromatic N) is 3. The molecule has 1 amide bonds. The maximum absolute atomic E-state index is 14.7. The Hall–Kier alpha value is -4.05. The lowest BCUT2D eigenvalue weighted by Gasteiger charge is -2.24. The van der Waals surface area contributed by atoms with Crippen LogP contribution in [0.25, 0.3) is 16.9 Å². The molecule has 1 atom stereocenters. The van der Waals surface area contributed by atoms with Crippen molar-refractivity contribution in [2.75, 3.05) is 25.5 Å². The van der Waals surface area contributed by atoms with Crippen LogP contribution in [0.4, 0.5) is 20.3 Å². The molecule has 8 nitrogen and oxygen atoms in total. The molecule has 2 aromatic heterocycles. The van der Waals surface area contributed by atoms with Crippen LogP contribution in [0.2, 0.25) is 0 Å². The molecule has 186 valence electrons. The highest BCUT2D eigenvalue weighted by atomic mass is 19.2. The van der Waals surface area contributed by atoms with Crippen molar-refractivity contribution in [1.29, 1.82) is 0 Å². The molecule has 0 saturated carbocycles. The van der Waals surface area contributed by atoms with Gasteiger partial charge in [-0.1, -0.05) is 0 Å². The highest BCUT2D eigenvalue weighted by Gasteiger charge is 2.20. The van der Waals surface area contributed by atoms with E-state index in [-0.39, 0.29) is 23.3 Å². The number of fused-ring (bicyclic) bond motifs is 1. The van der Waals surface area contributed by atoms with Gasteiger partial charge in [0.15, 0.2) is 23.0 Å². The summed E-state index contributed by atoms with van der Waals surface area (Å²) in [5.74, 6) is -1.91. The molecule has 4 aromatic rings. The van der Waals surface area contributed by atoms with E-state index in [0.29, 0.717) is 22.7 Å². The Morgan fingerprint density at radius 3 is 2.81 bits per heavy atom. The Labute approximate surface area is 206 Å².